The molecular weight excluding hydrogens is 501 g/mol. The van der Waals surface area contributed by atoms with Crippen LogP contribution in [0.1, 0.15) is 28.4 Å². The third-order valence-corrected chi connectivity index (χ3v) is 6.09. The van der Waals surface area contributed by atoms with Crippen molar-refractivity contribution in [1.82, 2.24) is 10.2 Å². The Balaban J connectivity index is 1.37. The molecule has 0 saturated heterocycles. The average Bonchev–Trinajstić information content (AvgIpc) is 3.08. The maximum Gasteiger partial charge on any atom is 0.278 e. The Morgan fingerprint density at radius 3 is 2.25 bits per heavy atom. The van der Waals surface area contributed by atoms with E-state index in [1.54, 1.807) is 60.7 Å². The molecule has 0 radical (unpaired) electrons. The van der Waals surface area contributed by atoms with Gasteiger partial charge in [-0.1, -0.05) is 59.6 Å². The molecule has 1 aliphatic rings. The van der Waals surface area contributed by atoms with Gasteiger partial charge >= 0.3 is 0 Å². The zero-order valence-electron chi connectivity index (χ0n) is 19.4. The lowest BCUT2D eigenvalue weighted by atomic mass is 10.1. The molecule has 0 atom stereocenters. The predicted octanol–water partition coefficient (Wildman–Crippen LogP) is 5.10. The first-order chi connectivity index (χ1) is 17.4. The van der Waals surface area contributed by atoms with Crippen LogP contribution in [0.4, 0.5) is 5.69 Å². The summed E-state index contributed by atoms with van der Waals surface area (Å²) < 4.78 is 5.55. The Morgan fingerprint density at radius 2 is 1.56 bits per heavy atom. The van der Waals surface area contributed by atoms with E-state index in [0.717, 1.165) is 16.0 Å². The van der Waals surface area contributed by atoms with Crippen LogP contribution in [0, 0.1) is 0 Å². The van der Waals surface area contributed by atoms with E-state index in [-0.39, 0.29) is 29.7 Å². The van der Waals surface area contributed by atoms with E-state index in [2.05, 4.69) is 10.6 Å². The maximum atomic E-state index is 12.8. The second-order valence-corrected chi connectivity index (χ2v) is 8.76. The SMILES string of the molecule is CCOc1ccccc1NC(=O)c1ccc(CNC2=C(Cl)C(=O)N(Cc3ccc(Cl)cc3)C2=O)cc1. The van der Waals surface area contributed by atoms with Gasteiger partial charge in [-0.3, -0.25) is 19.3 Å². The minimum atomic E-state index is -0.557. The molecule has 7 nitrogen and oxygen atoms in total. The first-order valence-electron chi connectivity index (χ1n) is 11.2. The van der Waals surface area contributed by atoms with Crippen molar-refractivity contribution >= 4 is 46.6 Å². The van der Waals surface area contributed by atoms with Crippen LogP contribution in [0.3, 0.4) is 0 Å². The molecule has 0 fully saturated rings. The number of carbonyl (C=O) groups is 3. The first kappa shape index (κ1) is 25.3. The molecule has 0 aliphatic carbocycles. The number of anilines is 1. The summed E-state index contributed by atoms with van der Waals surface area (Å²) in [5, 5.41) is 6.22. The van der Waals surface area contributed by atoms with Crippen LogP contribution >= 0.6 is 23.2 Å². The van der Waals surface area contributed by atoms with Crippen LogP contribution in [0.25, 0.3) is 0 Å². The topological polar surface area (TPSA) is 87.7 Å². The highest BCUT2D eigenvalue weighted by Crippen LogP contribution is 2.26. The first-order valence-corrected chi connectivity index (χ1v) is 12.0. The molecule has 4 rings (SSSR count). The predicted molar refractivity (Wildman–Crippen MR) is 139 cm³/mol. The van der Waals surface area contributed by atoms with Crippen LogP contribution in [0.5, 0.6) is 5.75 Å². The molecule has 0 spiro atoms. The van der Waals surface area contributed by atoms with Crippen molar-refractivity contribution in [2.75, 3.05) is 11.9 Å². The molecule has 36 heavy (non-hydrogen) atoms. The van der Waals surface area contributed by atoms with Crippen molar-refractivity contribution in [3.05, 3.63) is 105 Å². The molecule has 3 aromatic carbocycles. The number of halogens is 2. The summed E-state index contributed by atoms with van der Waals surface area (Å²) >= 11 is 12.1. The molecule has 0 saturated carbocycles. The van der Waals surface area contributed by atoms with Crippen LogP contribution in [0.2, 0.25) is 5.02 Å². The van der Waals surface area contributed by atoms with Crippen molar-refractivity contribution < 1.29 is 19.1 Å². The van der Waals surface area contributed by atoms with Crippen LogP contribution < -0.4 is 15.4 Å². The Labute approximate surface area is 218 Å². The molecule has 9 heteroatoms. The van der Waals surface area contributed by atoms with E-state index in [4.69, 9.17) is 27.9 Å². The summed E-state index contributed by atoms with van der Waals surface area (Å²) in [6.07, 6.45) is 0. The van der Waals surface area contributed by atoms with Gasteiger partial charge in [-0.2, -0.15) is 0 Å². The zero-order chi connectivity index (χ0) is 25.7. The second-order valence-electron chi connectivity index (χ2n) is 7.95. The van der Waals surface area contributed by atoms with E-state index >= 15 is 0 Å². The Kier molecular flexibility index (Phi) is 7.93. The zero-order valence-corrected chi connectivity index (χ0v) is 20.9. The van der Waals surface area contributed by atoms with Gasteiger partial charge in [-0.25, -0.2) is 0 Å². The van der Waals surface area contributed by atoms with Crippen molar-refractivity contribution in [2.45, 2.75) is 20.0 Å². The van der Waals surface area contributed by atoms with Crippen molar-refractivity contribution in [3.8, 4) is 5.75 Å². The highest BCUT2D eigenvalue weighted by molar-refractivity contribution is 6.47. The monoisotopic (exact) mass is 523 g/mol. The lowest BCUT2D eigenvalue weighted by molar-refractivity contribution is -0.138. The number of carbonyl (C=O) groups excluding carboxylic acids is 3. The molecule has 0 bridgehead atoms. The Morgan fingerprint density at radius 1 is 0.889 bits per heavy atom. The Hall–Kier alpha value is -3.81. The minimum Gasteiger partial charge on any atom is -0.492 e. The minimum absolute atomic E-state index is 0.0463. The number of para-hydroxylation sites is 2. The smallest absolute Gasteiger partial charge is 0.278 e. The van der Waals surface area contributed by atoms with Gasteiger partial charge in [0.15, 0.2) is 0 Å². The van der Waals surface area contributed by atoms with Crippen molar-refractivity contribution in [1.29, 1.82) is 0 Å². The fraction of sp³-hybridized carbons (Fsp3) is 0.148. The number of benzene rings is 3. The van der Waals surface area contributed by atoms with Gasteiger partial charge in [-0.15, -0.1) is 0 Å². The molecule has 184 valence electrons. The molecule has 1 heterocycles. The van der Waals surface area contributed by atoms with E-state index in [1.165, 1.54) is 0 Å². The summed E-state index contributed by atoms with van der Waals surface area (Å²) in [4.78, 5) is 39.1. The number of nitrogens with zero attached hydrogens (tertiary/aromatic N) is 1. The van der Waals surface area contributed by atoms with E-state index in [0.29, 0.717) is 28.6 Å². The maximum absolute atomic E-state index is 12.8. The van der Waals surface area contributed by atoms with Crippen molar-refractivity contribution in [3.63, 3.8) is 0 Å². The van der Waals surface area contributed by atoms with Gasteiger partial charge in [0, 0.05) is 17.1 Å². The lowest BCUT2D eigenvalue weighted by Gasteiger charge is -2.15. The average molecular weight is 524 g/mol. The standard InChI is InChI=1S/C27H23Cl2N3O4/c1-2-36-22-6-4-3-5-21(22)31-25(33)19-11-7-17(8-12-19)15-30-24-23(29)26(34)32(27(24)35)16-18-9-13-20(28)14-10-18/h3-14,30H,2,15-16H2,1H3,(H,31,33). The quantitative estimate of drug-likeness (QED) is 0.381. The molecule has 0 unspecified atom stereocenters. The molecule has 2 N–H and O–H groups in total. The third kappa shape index (κ3) is 5.70. The second kappa shape index (κ2) is 11.3. The number of imide groups is 1. The van der Waals surface area contributed by atoms with E-state index < -0.39 is 11.8 Å². The van der Waals surface area contributed by atoms with Gasteiger partial charge in [0.05, 0.1) is 18.8 Å². The number of amides is 3. The van der Waals surface area contributed by atoms with Gasteiger partial charge in [0.1, 0.15) is 16.5 Å². The summed E-state index contributed by atoms with van der Waals surface area (Å²) in [5.41, 5.74) is 2.65. The molecule has 1 aliphatic heterocycles. The fourth-order valence-corrected chi connectivity index (χ4v) is 4.00. The number of rotatable bonds is 9. The van der Waals surface area contributed by atoms with Gasteiger partial charge < -0.3 is 15.4 Å². The molecule has 3 amide bonds. The van der Waals surface area contributed by atoms with E-state index in [1.807, 2.05) is 19.1 Å². The summed E-state index contributed by atoms with van der Waals surface area (Å²) in [7, 11) is 0. The summed E-state index contributed by atoms with van der Waals surface area (Å²) in [5.74, 6) is -0.732. The van der Waals surface area contributed by atoms with Crippen molar-refractivity contribution in [2.24, 2.45) is 0 Å². The van der Waals surface area contributed by atoms with Crippen LogP contribution in [0.15, 0.2) is 83.5 Å². The highest BCUT2D eigenvalue weighted by atomic mass is 35.5. The van der Waals surface area contributed by atoms with Gasteiger partial charge in [-0.05, 0) is 54.4 Å². The summed E-state index contributed by atoms with van der Waals surface area (Å²) in [6, 6.07) is 21.0. The molecule has 0 aromatic heterocycles. The Bertz CT molecular complexity index is 1320. The van der Waals surface area contributed by atoms with Crippen LogP contribution in [-0.2, 0) is 22.7 Å². The number of hydrogen-bond donors (Lipinski definition) is 2. The highest BCUT2D eigenvalue weighted by Gasteiger charge is 2.37. The number of ether oxygens (including phenoxy) is 1. The molecular formula is C27H23Cl2N3O4. The molecule has 3 aromatic rings. The fourth-order valence-electron chi connectivity index (χ4n) is 3.63. The number of hydrogen-bond acceptors (Lipinski definition) is 5. The summed E-state index contributed by atoms with van der Waals surface area (Å²) in [6.45, 7) is 2.70. The third-order valence-electron chi connectivity index (χ3n) is 5.49. The lowest BCUT2D eigenvalue weighted by Crippen LogP contribution is -2.33. The number of nitrogens with one attached hydrogen (secondary N) is 2. The van der Waals surface area contributed by atoms with Gasteiger partial charge in [0.2, 0.25) is 0 Å². The normalized spacial score (nSPS) is 13.2. The van der Waals surface area contributed by atoms with Crippen LogP contribution in [-0.4, -0.2) is 29.2 Å². The largest absolute Gasteiger partial charge is 0.492 e. The van der Waals surface area contributed by atoms with E-state index in [9.17, 15) is 14.4 Å². The van der Waals surface area contributed by atoms with Gasteiger partial charge in [0.25, 0.3) is 17.7 Å².